The molecular formula is C15H24N2O2. The average molecular weight is 264 g/mol. The standard InChI is InChI=1S/C15H24N2O2/c1-2-4-15(5-3-1)14-16-6-10-18-11-7-17-8-12-19-13-9-17/h1-5,16H,6-14H2. The second kappa shape index (κ2) is 9.04. The number of hydrogen-bond donors (Lipinski definition) is 1. The lowest BCUT2D eigenvalue weighted by molar-refractivity contribution is 0.0208. The van der Waals surface area contributed by atoms with Gasteiger partial charge in [0.05, 0.1) is 26.4 Å². The van der Waals surface area contributed by atoms with Crippen molar-refractivity contribution in [2.45, 2.75) is 6.54 Å². The minimum absolute atomic E-state index is 0.775. The molecule has 0 aromatic heterocycles. The van der Waals surface area contributed by atoms with E-state index in [0.717, 1.165) is 59.2 Å². The highest BCUT2D eigenvalue weighted by atomic mass is 16.5. The van der Waals surface area contributed by atoms with E-state index in [4.69, 9.17) is 9.47 Å². The van der Waals surface area contributed by atoms with E-state index in [1.165, 1.54) is 5.56 Å². The Kier molecular flexibility index (Phi) is 6.89. The molecule has 1 aliphatic heterocycles. The van der Waals surface area contributed by atoms with Gasteiger partial charge in [-0.2, -0.15) is 0 Å². The Labute approximate surface area is 115 Å². The molecule has 4 heteroatoms. The predicted molar refractivity (Wildman–Crippen MR) is 76.2 cm³/mol. The summed E-state index contributed by atoms with van der Waals surface area (Å²) in [7, 11) is 0. The van der Waals surface area contributed by atoms with Gasteiger partial charge >= 0.3 is 0 Å². The van der Waals surface area contributed by atoms with Gasteiger partial charge in [0.15, 0.2) is 0 Å². The zero-order valence-corrected chi connectivity index (χ0v) is 11.5. The van der Waals surface area contributed by atoms with Crippen LogP contribution in [0.3, 0.4) is 0 Å². The molecule has 106 valence electrons. The first-order valence-corrected chi connectivity index (χ1v) is 7.07. The van der Waals surface area contributed by atoms with E-state index < -0.39 is 0 Å². The van der Waals surface area contributed by atoms with Crippen LogP contribution in [-0.4, -0.2) is 57.5 Å². The van der Waals surface area contributed by atoms with Gasteiger partial charge in [-0.25, -0.2) is 0 Å². The lowest BCUT2D eigenvalue weighted by Gasteiger charge is -2.26. The van der Waals surface area contributed by atoms with E-state index >= 15 is 0 Å². The molecule has 1 aromatic rings. The van der Waals surface area contributed by atoms with Crippen molar-refractivity contribution in [1.29, 1.82) is 0 Å². The fraction of sp³-hybridized carbons (Fsp3) is 0.600. The van der Waals surface area contributed by atoms with Crippen molar-refractivity contribution in [3.05, 3.63) is 35.9 Å². The normalized spacial score (nSPS) is 16.6. The molecule has 0 saturated carbocycles. The van der Waals surface area contributed by atoms with Crippen molar-refractivity contribution in [2.75, 3.05) is 52.6 Å². The van der Waals surface area contributed by atoms with Crippen LogP contribution < -0.4 is 5.32 Å². The quantitative estimate of drug-likeness (QED) is 0.714. The number of rotatable bonds is 8. The van der Waals surface area contributed by atoms with Gasteiger partial charge in [-0.05, 0) is 5.56 Å². The largest absolute Gasteiger partial charge is 0.379 e. The molecule has 0 bridgehead atoms. The minimum atomic E-state index is 0.775. The van der Waals surface area contributed by atoms with Crippen LogP contribution in [0.2, 0.25) is 0 Å². The minimum Gasteiger partial charge on any atom is -0.379 e. The molecule has 19 heavy (non-hydrogen) atoms. The molecule has 0 atom stereocenters. The van der Waals surface area contributed by atoms with Crippen molar-refractivity contribution in [2.24, 2.45) is 0 Å². The van der Waals surface area contributed by atoms with Crippen LogP contribution in [0, 0.1) is 0 Å². The molecule has 1 heterocycles. The lowest BCUT2D eigenvalue weighted by atomic mass is 10.2. The summed E-state index contributed by atoms with van der Waals surface area (Å²) in [6.45, 7) is 8.21. The summed E-state index contributed by atoms with van der Waals surface area (Å²) in [5.74, 6) is 0. The molecule has 1 saturated heterocycles. The maximum absolute atomic E-state index is 5.63. The summed E-state index contributed by atoms with van der Waals surface area (Å²) in [5.41, 5.74) is 1.32. The first-order chi connectivity index (χ1) is 9.45. The van der Waals surface area contributed by atoms with Crippen LogP contribution in [0.4, 0.5) is 0 Å². The maximum Gasteiger partial charge on any atom is 0.0594 e. The van der Waals surface area contributed by atoms with E-state index in [-0.39, 0.29) is 0 Å². The first-order valence-electron chi connectivity index (χ1n) is 7.07. The predicted octanol–water partition coefficient (Wildman–Crippen LogP) is 1.12. The number of nitrogens with zero attached hydrogens (tertiary/aromatic N) is 1. The van der Waals surface area contributed by atoms with Gasteiger partial charge < -0.3 is 14.8 Å². The first kappa shape index (κ1) is 14.5. The fourth-order valence-corrected chi connectivity index (χ4v) is 2.09. The Morgan fingerprint density at radius 2 is 1.89 bits per heavy atom. The highest BCUT2D eigenvalue weighted by Crippen LogP contribution is 1.97. The Bertz CT molecular complexity index is 326. The fourth-order valence-electron chi connectivity index (χ4n) is 2.09. The van der Waals surface area contributed by atoms with E-state index in [9.17, 15) is 0 Å². The van der Waals surface area contributed by atoms with E-state index in [0.29, 0.717) is 0 Å². The summed E-state index contributed by atoms with van der Waals surface area (Å²) in [4.78, 5) is 2.39. The second-order valence-electron chi connectivity index (χ2n) is 4.73. The molecule has 1 fully saturated rings. The number of benzene rings is 1. The lowest BCUT2D eigenvalue weighted by Crippen LogP contribution is -2.38. The van der Waals surface area contributed by atoms with Crippen LogP contribution in [0.5, 0.6) is 0 Å². The Morgan fingerprint density at radius 3 is 2.68 bits per heavy atom. The molecule has 4 nitrogen and oxygen atoms in total. The molecule has 2 rings (SSSR count). The summed E-state index contributed by atoms with van der Waals surface area (Å²) >= 11 is 0. The molecule has 0 radical (unpaired) electrons. The van der Waals surface area contributed by atoms with Crippen LogP contribution in [0.25, 0.3) is 0 Å². The number of nitrogens with one attached hydrogen (secondary N) is 1. The van der Waals surface area contributed by atoms with Gasteiger partial charge in [-0.15, -0.1) is 0 Å². The number of ether oxygens (including phenoxy) is 2. The average Bonchev–Trinajstić information content (AvgIpc) is 2.48. The van der Waals surface area contributed by atoms with E-state index in [2.05, 4.69) is 34.5 Å². The van der Waals surface area contributed by atoms with Gasteiger partial charge in [0, 0.05) is 32.7 Å². The second-order valence-corrected chi connectivity index (χ2v) is 4.73. The van der Waals surface area contributed by atoms with Crippen molar-refractivity contribution in [3.63, 3.8) is 0 Å². The molecule has 0 unspecified atom stereocenters. The summed E-state index contributed by atoms with van der Waals surface area (Å²) in [6, 6.07) is 10.4. The summed E-state index contributed by atoms with van der Waals surface area (Å²) in [6.07, 6.45) is 0. The third-order valence-electron chi connectivity index (χ3n) is 3.25. The molecular weight excluding hydrogens is 240 g/mol. The molecule has 1 N–H and O–H groups in total. The molecule has 0 aliphatic carbocycles. The highest BCUT2D eigenvalue weighted by Gasteiger charge is 2.08. The molecule has 0 spiro atoms. The smallest absolute Gasteiger partial charge is 0.0594 e. The third kappa shape index (κ3) is 6.16. The Hall–Kier alpha value is -0.940. The van der Waals surface area contributed by atoms with E-state index in [1.54, 1.807) is 0 Å². The monoisotopic (exact) mass is 264 g/mol. The molecule has 1 aliphatic rings. The highest BCUT2D eigenvalue weighted by molar-refractivity contribution is 5.14. The van der Waals surface area contributed by atoms with Crippen LogP contribution >= 0.6 is 0 Å². The van der Waals surface area contributed by atoms with Crippen LogP contribution in [-0.2, 0) is 16.0 Å². The van der Waals surface area contributed by atoms with Gasteiger partial charge in [-0.1, -0.05) is 30.3 Å². The topological polar surface area (TPSA) is 33.7 Å². The number of morpholine rings is 1. The van der Waals surface area contributed by atoms with Gasteiger partial charge in [0.1, 0.15) is 0 Å². The van der Waals surface area contributed by atoms with Crippen molar-refractivity contribution >= 4 is 0 Å². The van der Waals surface area contributed by atoms with Crippen molar-refractivity contribution in [3.8, 4) is 0 Å². The zero-order chi connectivity index (χ0) is 13.2. The Balaban J connectivity index is 1.42. The van der Waals surface area contributed by atoms with Crippen molar-refractivity contribution < 1.29 is 9.47 Å². The number of hydrogen-bond acceptors (Lipinski definition) is 4. The maximum atomic E-state index is 5.63. The van der Waals surface area contributed by atoms with Gasteiger partial charge in [0.2, 0.25) is 0 Å². The third-order valence-corrected chi connectivity index (χ3v) is 3.25. The van der Waals surface area contributed by atoms with E-state index in [1.807, 2.05) is 6.07 Å². The van der Waals surface area contributed by atoms with Gasteiger partial charge in [-0.3, -0.25) is 4.90 Å². The molecule has 0 amide bonds. The van der Waals surface area contributed by atoms with Gasteiger partial charge in [0.25, 0.3) is 0 Å². The van der Waals surface area contributed by atoms with Crippen molar-refractivity contribution in [1.82, 2.24) is 10.2 Å². The summed E-state index contributed by atoms with van der Waals surface area (Å²) in [5, 5.41) is 3.38. The van der Waals surface area contributed by atoms with Crippen LogP contribution in [0.15, 0.2) is 30.3 Å². The summed E-state index contributed by atoms with van der Waals surface area (Å²) < 4.78 is 10.9. The SMILES string of the molecule is c1ccc(CNCCOCCN2CCOCC2)cc1. The Morgan fingerprint density at radius 1 is 1.11 bits per heavy atom. The van der Waals surface area contributed by atoms with Crippen LogP contribution in [0.1, 0.15) is 5.56 Å². The molecule has 1 aromatic carbocycles. The zero-order valence-electron chi connectivity index (χ0n) is 11.5.